The molecule has 2 aromatic heterocycles. The fourth-order valence-electron chi connectivity index (χ4n) is 1.96. The molecule has 21 heavy (non-hydrogen) atoms. The van der Waals surface area contributed by atoms with Gasteiger partial charge in [-0.2, -0.15) is 5.10 Å². The zero-order valence-electron chi connectivity index (χ0n) is 12.3. The first-order chi connectivity index (χ1) is 10.1. The molecule has 112 valence electrons. The van der Waals surface area contributed by atoms with Gasteiger partial charge >= 0.3 is 5.69 Å². The topological polar surface area (TPSA) is 98.8 Å². The molecule has 2 aromatic rings. The van der Waals surface area contributed by atoms with Crippen molar-refractivity contribution in [1.29, 1.82) is 0 Å². The lowest BCUT2D eigenvalue weighted by Crippen LogP contribution is -2.08. The molecule has 8 heteroatoms. The SMILES string of the molecule is CCCNc1nc(C)c([N+](=O)[O-])c(-c2cnn(CC)c2)n1. The third kappa shape index (κ3) is 3.15. The van der Waals surface area contributed by atoms with E-state index in [2.05, 4.69) is 20.4 Å². The number of hydrogen-bond acceptors (Lipinski definition) is 6. The molecular formula is C13H18N6O2. The van der Waals surface area contributed by atoms with Crippen LogP contribution in [0.2, 0.25) is 0 Å². The highest BCUT2D eigenvalue weighted by molar-refractivity contribution is 5.70. The van der Waals surface area contributed by atoms with Crippen molar-refractivity contribution >= 4 is 11.6 Å². The van der Waals surface area contributed by atoms with Crippen LogP contribution in [0.3, 0.4) is 0 Å². The van der Waals surface area contributed by atoms with Crippen LogP contribution in [0.1, 0.15) is 26.0 Å². The first kappa shape index (κ1) is 14.9. The summed E-state index contributed by atoms with van der Waals surface area (Å²) in [6, 6.07) is 0. The second-order valence-corrected chi connectivity index (χ2v) is 4.60. The molecule has 0 aliphatic heterocycles. The van der Waals surface area contributed by atoms with Crippen molar-refractivity contribution in [3.63, 3.8) is 0 Å². The Hall–Kier alpha value is -2.51. The second kappa shape index (κ2) is 6.29. The number of nitrogens with one attached hydrogen (secondary N) is 1. The van der Waals surface area contributed by atoms with Crippen LogP contribution in [-0.4, -0.2) is 31.2 Å². The van der Waals surface area contributed by atoms with Crippen LogP contribution in [0.25, 0.3) is 11.3 Å². The molecule has 0 bridgehead atoms. The molecule has 0 radical (unpaired) electrons. The molecule has 8 nitrogen and oxygen atoms in total. The van der Waals surface area contributed by atoms with Crippen molar-refractivity contribution in [2.45, 2.75) is 33.7 Å². The maximum Gasteiger partial charge on any atom is 0.316 e. The van der Waals surface area contributed by atoms with Crippen LogP contribution in [-0.2, 0) is 6.54 Å². The van der Waals surface area contributed by atoms with Crippen molar-refractivity contribution in [1.82, 2.24) is 19.7 Å². The average molecular weight is 290 g/mol. The summed E-state index contributed by atoms with van der Waals surface area (Å²) in [5.41, 5.74) is 1.18. The van der Waals surface area contributed by atoms with E-state index in [0.717, 1.165) is 6.42 Å². The first-order valence-electron chi connectivity index (χ1n) is 6.86. The summed E-state index contributed by atoms with van der Waals surface area (Å²) in [5, 5.41) is 18.5. The summed E-state index contributed by atoms with van der Waals surface area (Å²) in [5.74, 6) is 0.402. The Morgan fingerprint density at radius 3 is 2.71 bits per heavy atom. The van der Waals surface area contributed by atoms with Gasteiger partial charge in [0.05, 0.1) is 11.1 Å². The minimum atomic E-state index is -0.447. The third-order valence-electron chi connectivity index (χ3n) is 3.00. The van der Waals surface area contributed by atoms with E-state index in [-0.39, 0.29) is 5.69 Å². The summed E-state index contributed by atoms with van der Waals surface area (Å²) < 4.78 is 1.70. The number of anilines is 1. The largest absolute Gasteiger partial charge is 0.354 e. The van der Waals surface area contributed by atoms with Crippen molar-refractivity contribution in [3.8, 4) is 11.3 Å². The number of hydrogen-bond donors (Lipinski definition) is 1. The lowest BCUT2D eigenvalue weighted by Gasteiger charge is -2.07. The molecule has 0 aromatic carbocycles. The Labute approximate surface area is 122 Å². The predicted molar refractivity (Wildman–Crippen MR) is 79.1 cm³/mol. The van der Waals surface area contributed by atoms with Gasteiger partial charge in [-0.05, 0) is 20.3 Å². The van der Waals surface area contributed by atoms with Gasteiger partial charge in [0.1, 0.15) is 5.69 Å². The van der Waals surface area contributed by atoms with Crippen LogP contribution in [0.5, 0.6) is 0 Å². The molecule has 2 heterocycles. The maximum absolute atomic E-state index is 11.3. The fourth-order valence-corrected chi connectivity index (χ4v) is 1.96. The number of rotatable bonds is 6. The van der Waals surface area contributed by atoms with E-state index >= 15 is 0 Å². The van der Waals surface area contributed by atoms with E-state index in [1.165, 1.54) is 0 Å². The lowest BCUT2D eigenvalue weighted by atomic mass is 10.2. The van der Waals surface area contributed by atoms with Gasteiger partial charge in [0.2, 0.25) is 5.95 Å². The molecule has 1 N–H and O–H groups in total. The first-order valence-corrected chi connectivity index (χ1v) is 6.86. The summed E-state index contributed by atoms with van der Waals surface area (Å²) >= 11 is 0. The molecule has 0 spiro atoms. The molecule has 0 fully saturated rings. The zero-order valence-corrected chi connectivity index (χ0v) is 12.3. The number of aryl methyl sites for hydroxylation is 2. The summed E-state index contributed by atoms with van der Waals surface area (Å²) in [6.45, 7) is 7.00. The van der Waals surface area contributed by atoms with Gasteiger partial charge in [0.25, 0.3) is 0 Å². The molecular weight excluding hydrogens is 272 g/mol. The lowest BCUT2D eigenvalue weighted by molar-refractivity contribution is -0.385. The maximum atomic E-state index is 11.3. The van der Waals surface area contributed by atoms with E-state index in [0.29, 0.717) is 36.0 Å². The Bertz CT molecular complexity index is 652. The zero-order chi connectivity index (χ0) is 15.4. The quantitative estimate of drug-likeness (QED) is 0.648. The van der Waals surface area contributed by atoms with E-state index in [1.807, 2.05) is 13.8 Å². The van der Waals surface area contributed by atoms with Crippen LogP contribution < -0.4 is 5.32 Å². The van der Waals surface area contributed by atoms with Crippen LogP contribution in [0, 0.1) is 17.0 Å². The van der Waals surface area contributed by atoms with Gasteiger partial charge in [-0.1, -0.05) is 6.92 Å². The van der Waals surface area contributed by atoms with Gasteiger partial charge in [-0.15, -0.1) is 0 Å². The molecule has 0 saturated heterocycles. The minimum Gasteiger partial charge on any atom is -0.354 e. The van der Waals surface area contributed by atoms with Gasteiger partial charge in [-0.3, -0.25) is 14.8 Å². The highest BCUT2D eigenvalue weighted by Crippen LogP contribution is 2.30. The molecule has 0 aliphatic carbocycles. The van der Waals surface area contributed by atoms with Gasteiger partial charge in [0.15, 0.2) is 5.69 Å². The second-order valence-electron chi connectivity index (χ2n) is 4.60. The summed E-state index contributed by atoms with van der Waals surface area (Å²) in [4.78, 5) is 19.3. The molecule has 0 unspecified atom stereocenters. The number of nitrogens with zero attached hydrogens (tertiary/aromatic N) is 5. The number of aromatic nitrogens is 4. The van der Waals surface area contributed by atoms with Crippen LogP contribution in [0.15, 0.2) is 12.4 Å². The van der Waals surface area contributed by atoms with E-state index in [9.17, 15) is 10.1 Å². The van der Waals surface area contributed by atoms with E-state index in [4.69, 9.17) is 0 Å². The normalized spacial score (nSPS) is 10.6. The molecule has 0 saturated carbocycles. The standard InChI is InChI=1S/C13H18N6O2/c1-4-6-14-13-16-9(3)12(19(20)21)11(17-13)10-7-15-18(5-2)8-10/h7-8H,4-6H2,1-3H3,(H,14,16,17). The van der Waals surface area contributed by atoms with Crippen LogP contribution in [0.4, 0.5) is 11.6 Å². The van der Waals surface area contributed by atoms with Crippen molar-refractivity contribution in [3.05, 3.63) is 28.2 Å². The Morgan fingerprint density at radius 2 is 2.14 bits per heavy atom. The smallest absolute Gasteiger partial charge is 0.316 e. The Kier molecular flexibility index (Phi) is 4.46. The molecule has 0 amide bonds. The predicted octanol–water partition coefficient (Wildman–Crippen LogP) is 2.40. The Balaban J connectivity index is 2.53. The fraction of sp³-hybridized carbons (Fsp3) is 0.462. The average Bonchev–Trinajstić information content (AvgIpc) is 2.92. The molecule has 0 aliphatic rings. The van der Waals surface area contributed by atoms with Crippen molar-refractivity contribution in [2.24, 2.45) is 0 Å². The van der Waals surface area contributed by atoms with E-state index < -0.39 is 4.92 Å². The highest BCUT2D eigenvalue weighted by atomic mass is 16.6. The van der Waals surface area contributed by atoms with Crippen molar-refractivity contribution < 1.29 is 4.92 Å². The molecule has 0 atom stereocenters. The van der Waals surface area contributed by atoms with Gasteiger partial charge < -0.3 is 5.32 Å². The van der Waals surface area contributed by atoms with Crippen molar-refractivity contribution in [2.75, 3.05) is 11.9 Å². The van der Waals surface area contributed by atoms with Gasteiger partial charge in [0, 0.05) is 24.8 Å². The number of nitro groups is 1. The Morgan fingerprint density at radius 1 is 1.38 bits per heavy atom. The summed E-state index contributed by atoms with van der Waals surface area (Å²) in [7, 11) is 0. The van der Waals surface area contributed by atoms with E-state index in [1.54, 1.807) is 24.0 Å². The minimum absolute atomic E-state index is 0.0762. The highest BCUT2D eigenvalue weighted by Gasteiger charge is 2.24. The monoisotopic (exact) mass is 290 g/mol. The third-order valence-corrected chi connectivity index (χ3v) is 3.00. The van der Waals surface area contributed by atoms with Crippen LogP contribution >= 0.6 is 0 Å². The molecule has 2 rings (SSSR count). The summed E-state index contributed by atoms with van der Waals surface area (Å²) in [6.07, 6.45) is 4.25. The van der Waals surface area contributed by atoms with Gasteiger partial charge in [-0.25, -0.2) is 9.97 Å².